The van der Waals surface area contributed by atoms with E-state index in [0.717, 1.165) is 46.6 Å². The lowest BCUT2D eigenvalue weighted by atomic mass is 9.86. The third-order valence-electron chi connectivity index (χ3n) is 9.10. The van der Waals surface area contributed by atoms with Gasteiger partial charge in [0, 0.05) is 48.6 Å². The second kappa shape index (κ2) is 19.5. The zero-order valence-corrected chi connectivity index (χ0v) is 30.8. The minimum atomic E-state index is -0.774. The molecule has 10 nitrogen and oxygen atoms in total. The molecule has 0 aliphatic carbocycles. The van der Waals surface area contributed by atoms with Crippen molar-refractivity contribution in [2.45, 2.75) is 90.2 Å². The van der Waals surface area contributed by atoms with E-state index in [0.29, 0.717) is 30.8 Å². The largest absolute Gasteiger partial charge is 0.494 e. The highest BCUT2D eigenvalue weighted by Gasteiger charge is 2.31. The molecule has 2 heterocycles. The Hall–Kier alpha value is -5.09. The van der Waals surface area contributed by atoms with Gasteiger partial charge in [-0.2, -0.15) is 0 Å². The molecule has 2 atom stereocenters. The van der Waals surface area contributed by atoms with Crippen LogP contribution < -0.4 is 10.1 Å². The van der Waals surface area contributed by atoms with Crippen LogP contribution in [0, 0.1) is 0 Å². The normalized spacial score (nSPS) is 14.6. The van der Waals surface area contributed by atoms with Gasteiger partial charge in [0.15, 0.2) is 5.82 Å². The summed E-state index contributed by atoms with van der Waals surface area (Å²) in [5.41, 5.74) is 5.29. The van der Waals surface area contributed by atoms with Gasteiger partial charge in [-0.25, -0.2) is 9.97 Å². The first-order valence-electron chi connectivity index (χ1n) is 18.1. The Bertz CT molecular complexity index is 1700. The van der Waals surface area contributed by atoms with Crippen LogP contribution in [-0.2, 0) is 21.4 Å². The number of carbonyl (C=O) groups excluding carboxylic acids is 2. The van der Waals surface area contributed by atoms with Crippen molar-refractivity contribution >= 4 is 18.3 Å². The molecule has 1 fully saturated rings. The van der Waals surface area contributed by atoms with Crippen molar-refractivity contribution in [3.05, 3.63) is 102 Å². The summed E-state index contributed by atoms with van der Waals surface area (Å²) < 4.78 is 5.90. The van der Waals surface area contributed by atoms with Crippen molar-refractivity contribution in [1.82, 2.24) is 20.2 Å². The minimum absolute atomic E-state index is 0.0297. The number of hydrogen-bond acceptors (Lipinski definition) is 7. The maximum atomic E-state index is 13.6. The summed E-state index contributed by atoms with van der Waals surface area (Å²) in [4.78, 5) is 46.1. The van der Waals surface area contributed by atoms with Crippen molar-refractivity contribution in [3.63, 3.8) is 0 Å². The number of rotatable bonds is 14. The molecule has 1 aliphatic heterocycles. The summed E-state index contributed by atoms with van der Waals surface area (Å²) in [7, 11) is 0. The highest BCUT2D eigenvalue weighted by Crippen LogP contribution is 2.25. The number of unbranched alkanes of at least 4 members (excludes halogenated alkanes) is 4. The number of aliphatic hydroxyl groups is 1. The van der Waals surface area contributed by atoms with Gasteiger partial charge >= 0.3 is 0 Å². The first-order chi connectivity index (χ1) is 25.0. The molecule has 52 heavy (non-hydrogen) atoms. The van der Waals surface area contributed by atoms with E-state index in [9.17, 15) is 14.7 Å². The van der Waals surface area contributed by atoms with Crippen molar-refractivity contribution in [2.24, 2.45) is 0 Å². The number of hydrogen-bond donors (Lipinski definition) is 3. The lowest BCUT2D eigenvalue weighted by Gasteiger charge is -2.25. The lowest BCUT2D eigenvalue weighted by Crippen LogP contribution is -2.49. The van der Waals surface area contributed by atoms with E-state index >= 15 is 0 Å². The van der Waals surface area contributed by atoms with E-state index in [1.54, 1.807) is 17.0 Å². The van der Waals surface area contributed by atoms with Gasteiger partial charge in [-0.1, -0.05) is 102 Å². The lowest BCUT2D eigenvalue weighted by molar-refractivity contribution is -0.132. The highest BCUT2D eigenvalue weighted by molar-refractivity contribution is 5.97. The zero-order valence-electron chi connectivity index (χ0n) is 30.8. The van der Waals surface area contributed by atoms with Gasteiger partial charge in [0.25, 0.3) is 12.4 Å². The molecule has 10 heteroatoms. The van der Waals surface area contributed by atoms with Gasteiger partial charge < -0.3 is 25.2 Å². The predicted octanol–water partition coefficient (Wildman–Crippen LogP) is 7.09. The molecule has 2 amide bonds. The van der Waals surface area contributed by atoms with Gasteiger partial charge in [0.2, 0.25) is 5.91 Å². The molecule has 276 valence electrons. The fourth-order valence-electron chi connectivity index (χ4n) is 6.02. The molecule has 0 saturated carbocycles. The molecule has 1 saturated heterocycles. The number of carbonyl (C=O) groups is 3. The average Bonchev–Trinajstić information content (AvgIpc) is 3.59. The fourth-order valence-corrected chi connectivity index (χ4v) is 6.02. The van der Waals surface area contributed by atoms with Crippen LogP contribution in [0.25, 0.3) is 22.5 Å². The van der Waals surface area contributed by atoms with Gasteiger partial charge in [-0.3, -0.25) is 14.4 Å². The minimum Gasteiger partial charge on any atom is -0.494 e. The van der Waals surface area contributed by atoms with Crippen LogP contribution in [0.15, 0.2) is 85.2 Å². The van der Waals surface area contributed by atoms with Crippen LogP contribution in [0.2, 0.25) is 0 Å². The number of aromatic nitrogens is 2. The van der Waals surface area contributed by atoms with Gasteiger partial charge in [-0.15, -0.1) is 0 Å². The summed E-state index contributed by atoms with van der Waals surface area (Å²) in [6.07, 6.45) is 10.0. The zero-order chi connectivity index (χ0) is 37.5. The number of amides is 2. The molecule has 3 aromatic carbocycles. The number of ether oxygens (including phenoxy) is 1. The van der Waals surface area contributed by atoms with Crippen LogP contribution in [-0.4, -0.2) is 75.2 Å². The number of benzene rings is 3. The maximum absolute atomic E-state index is 13.6. The smallest absolute Gasteiger partial charge is 0.290 e. The summed E-state index contributed by atoms with van der Waals surface area (Å²) in [6.45, 7) is 9.83. The molecular weight excluding hydrogens is 656 g/mol. The fraction of sp³-hybridized carbons (Fsp3) is 0.405. The predicted molar refractivity (Wildman–Crippen MR) is 203 cm³/mol. The molecule has 5 rings (SSSR count). The maximum Gasteiger partial charge on any atom is 0.290 e. The van der Waals surface area contributed by atoms with Crippen LogP contribution in [0.3, 0.4) is 0 Å². The molecular formula is C42H52N4O6. The Labute approximate surface area is 307 Å². The summed E-state index contributed by atoms with van der Waals surface area (Å²) in [6, 6.07) is 22.5. The van der Waals surface area contributed by atoms with Crippen molar-refractivity contribution < 1.29 is 29.3 Å². The van der Waals surface area contributed by atoms with Crippen LogP contribution in [0.4, 0.5) is 0 Å². The first-order valence-corrected chi connectivity index (χ1v) is 18.1. The molecule has 0 radical (unpaired) electrons. The monoisotopic (exact) mass is 708 g/mol. The Balaban J connectivity index is 0.00000195. The number of β-amino-alcohol motifs (C(OH)–C–C–N with tert-alkyl or cyclic N) is 1. The van der Waals surface area contributed by atoms with E-state index in [-0.39, 0.29) is 30.2 Å². The second-order valence-corrected chi connectivity index (χ2v) is 14.2. The molecule has 0 spiro atoms. The molecule has 1 aliphatic rings. The molecule has 1 aromatic heterocycles. The summed E-state index contributed by atoms with van der Waals surface area (Å²) in [5.74, 6) is 0.974. The highest BCUT2D eigenvalue weighted by atomic mass is 16.5. The van der Waals surface area contributed by atoms with Crippen LogP contribution >= 0.6 is 0 Å². The molecule has 4 aromatic rings. The third-order valence-corrected chi connectivity index (χ3v) is 9.10. The number of nitrogens with zero attached hydrogens (tertiary/aromatic N) is 3. The van der Waals surface area contributed by atoms with Crippen LogP contribution in [0.1, 0.15) is 87.7 Å². The first kappa shape index (κ1) is 39.7. The summed E-state index contributed by atoms with van der Waals surface area (Å²) >= 11 is 0. The number of aliphatic hydroxyl groups excluding tert-OH is 1. The SMILES string of the molecule is CCCCCCCOc1ccc(-c2cnc(-c3ccc(CC(NC(=O)c4ccc(C(C)(C)C)cc4)C(=O)N4CCC(O)C4)cc3)nc2)cc1.O=CO. The van der Waals surface area contributed by atoms with E-state index < -0.39 is 12.1 Å². The quantitative estimate of drug-likeness (QED) is 0.0931. The summed E-state index contributed by atoms with van der Waals surface area (Å²) in [5, 5.41) is 19.9. The topological polar surface area (TPSA) is 142 Å². The van der Waals surface area contributed by atoms with Crippen molar-refractivity contribution in [2.75, 3.05) is 19.7 Å². The van der Waals surface area contributed by atoms with Crippen LogP contribution in [0.5, 0.6) is 5.75 Å². The standard InChI is InChI=1S/C41H50N4O4.CH2O2/c1-5-6-7-8-9-24-49-36-20-16-30(17-21-36)33-26-42-38(43-27-33)31-12-10-29(11-13-31)25-37(40(48)45-23-22-35(46)28-45)44-39(47)32-14-18-34(19-15-32)41(2,3)4;2-1-3/h10-21,26-27,35,37,46H,5-9,22-25,28H2,1-4H3,(H,44,47);1H,(H,2,3). The third kappa shape index (κ3) is 11.7. The Morgan fingerprint density at radius 2 is 1.52 bits per heavy atom. The van der Waals surface area contributed by atoms with Gasteiger partial charge in [0.05, 0.1) is 12.7 Å². The molecule has 3 N–H and O–H groups in total. The van der Waals surface area contributed by atoms with Gasteiger partial charge in [-0.05, 0) is 59.2 Å². The average molecular weight is 709 g/mol. The van der Waals surface area contributed by atoms with E-state index in [1.807, 2.05) is 73.1 Å². The Morgan fingerprint density at radius 1 is 0.904 bits per heavy atom. The molecule has 0 bridgehead atoms. The van der Waals surface area contributed by atoms with E-state index in [1.165, 1.54) is 25.7 Å². The van der Waals surface area contributed by atoms with Gasteiger partial charge in [0.1, 0.15) is 11.8 Å². The van der Waals surface area contributed by atoms with Crippen molar-refractivity contribution in [1.29, 1.82) is 0 Å². The number of nitrogens with one attached hydrogen (secondary N) is 1. The van der Waals surface area contributed by atoms with E-state index in [4.69, 9.17) is 14.6 Å². The van der Waals surface area contributed by atoms with E-state index in [2.05, 4.69) is 43.0 Å². The second-order valence-electron chi connectivity index (χ2n) is 14.2. The number of carboxylic acid groups (broad SMARTS) is 1. The Kier molecular flexibility index (Phi) is 14.9. The number of likely N-dealkylation sites (tertiary alicyclic amines) is 1. The Morgan fingerprint density at radius 3 is 2.10 bits per heavy atom. The molecule has 2 unspecified atom stereocenters. The van der Waals surface area contributed by atoms with Crippen molar-refractivity contribution in [3.8, 4) is 28.3 Å².